The Hall–Kier alpha value is -1.05. The second kappa shape index (κ2) is 7.82. The molecule has 0 aliphatic rings. The summed E-state index contributed by atoms with van der Waals surface area (Å²) in [5.74, 6) is -2.50. The Morgan fingerprint density at radius 3 is 2.48 bits per heavy atom. The van der Waals surface area contributed by atoms with Crippen molar-refractivity contribution in [3.8, 4) is 0 Å². The predicted octanol–water partition coefficient (Wildman–Crippen LogP) is 2.54. The number of halogens is 2. The molecule has 0 fully saturated rings. The van der Waals surface area contributed by atoms with E-state index in [4.69, 9.17) is 0 Å². The molecule has 0 heterocycles. The number of rotatable bonds is 8. The monoisotopic (exact) mass is 320 g/mol. The Kier molecular flexibility index (Phi) is 6.70. The SMILES string of the molecule is CCCNCc1cc(F)c(F)c(S(=O)(=O)NC(C)CC)c1. The van der Waals surface area contributed by atoms with Gasteiger partial charge in [-0.25, -0.2) is 21.9 Å². The van der Waals surface area contributed by atoms with E-state index in [0.717, 1.165) is 12.5 Å². The molecular weight excluding hydrogens is 298 g/mol. The topological polar surface area (TPSA) is 58.2 Å². The van der Waals surface area contributed by atoms with Crippen LogP contribution in [-0.2, 0) is 16.6 Å². The van der Waals surface area contributed by atoms with E-state index in [0.29, 0.717) is 18.5 Å². The van der Waals surface area contributed by atoms with Crippen LogP contribution in [0.5, 0.6) is 0 Å². The summed E-state index contributed by atoms with van der Waals surface area (Å²) in [6, 6.07) is 1.84. The second-order valence-corrected chi connectivity index (χ2v) is 6.68. The lowest BCUT2D eigenvalue weighted by Crippen LogP contribution is -2.33. The highest BCUT2D eigenvalue weighted by Gasteiger charge is 2.24. The fraction of sp³-hybridized carbons (Fsp3) is 0.571. The molecular formula is C14H22F2N2O2S. The van der Waals surface area contributed by atoms with Gasteiger partial charge in [-0.1, -0.05) is 13.8 Å². The summed E-state index contributed by atoms with van der Waals surface area (Å²) in [4.78, 5) is -0.643. The Balaban J connectivity index is 3.10. The van der Waals surface area contributed by atoms with Crippen molar-refractivity contribution >= 4 is 10.0 Å². The lowest BCUT2D eigenvalue weighted by atomic mass is 10.2. The summed E-state index contributed by atoms with van der Waals surface area (Å²) in [5, 5.41) is 3.02. The van der Waals surface area contributed by atoms with Gasteiger partial charge in [0.25, 0.3) is 0 Å². The number of benzene rings is 1. The van der Waals surface area contributed by atoms with Crippen LogP contribution in [0.15, 0.2) is 17.0 Å². The minimum absolute atomic E-state index is 0.289. The van der Waals surface area contributed by atoms with Crippen LogP contribution >= 0.6 is 0 Å². The molecule has 1 aromatic carbocycles. The van der Waals surface area contributed by atoms with Gasteiger partial charge in [-0.3, -0.25) is 0 Å². The minimum atomic E-state index is -4.07. The van der Waals surface area contributed by atoms with E-state index in [2.05, 4.69) is 10.0 Å². The zero-order valence-corrected chi connectivity index (χ0v) is 13.4. The van der Waals surface area contributed by atoms with Gasteiger partial charge in [0.15, 0.2) is 11.6 Å². The van der Waals surface area contributed by atoms with Crippen molar-refractivity contribution in [1.29, 1.82) is 0 Å². The Morgan fingerprint density at radius 1 is 1.24 bits per heavy atom. The molecule has 1 rings (SSSR count). The van der Waals surface area contributed by atoms with Gasteiger partial charge in [-0.15, -0.1) is 0 Å². The standard InChI is InChI=1S/C14H22F2N2O2S/c1-4-6-17-9-11-7-12(15)14(16)13(8-11)21(19,20)18-10(3)5-2/h7-8,10,17-18H,4-6,9H2,1-3H3. The van der Waals surface area contributed by atoms with Crippen LogP contribution in [-0.4, -0.2) is 21.0 Å². The molecule has 1 aromatic rings. The largest absolute Gasteiger partial charge is 0.313 e. The summed E-state index contributed by atoms with van der Waals surface area (Å²) in [5.41, 5.74) is 0.395. The van der Waals surface area contributed by atoms with Crippen LogP contribution in [0.1, 0.15) is 39.2 Å². The highest BCUT2D eigenvalue weighted by molar-refractivity contribution is 7.89. The maximum absolute atomic E-state index is 13.8. The molecule has 0 aromatic heterocycles. The van der Waals surface area contributed by atoms with Gasteiger partial charge in [0.05, 0.1) is 0 Å². The molecule has 0 radical (unpaired) electrons. The molecule has 7 heteroatoms. The van der Waals surface area contributed by atoms with Gasteiger partial charge in [0.1, 0.15) is 4.90 Å². The summed E-state index contributed by atoms with van der Waals surface area (Å²) >= 11 is 0. The van der Waals surface area contributed by atoms with E-state index in [1.165, 1.54) is 6.07 Å². The first-order chi connectivity index (χ1) is 9.81. The Bertz CT molecular complexity index is 577. The fourth-order valence-electron chi connectivity index (χ4n) is 1.74. The van der Waals surface area contributed by atoms with Crippen molar-refractivity contribution in [1.82, 2.24) is 10.0 Å². The molecule has 0 saturated heterocycles. The fourth-order valence-corrected chi connectivity index (χ4v) is 3.20. The maximum Gasteiger partial charge on any atom is 0.243 e. The molecule has 1 atom stereocenters. The molecule has 0 amide bonds. The van der Waals surface area contributed by atoms with Crippen molar-refractivity contribution in [3.05, 3.63) is 29.3 Å². The van der Waals surface area contributed by atoms with E-state index in [9.17, 15) is 17.2 Å². The van der Waals surface area contributed by atoms with Crippen molar-refractivity contribution in [2.75, 3.05) is 6.54 Å². The van der Waals surface area contributed by atoms with Crippen LogP contribution in [0.3, 0.4) is 0 Å². The lowest BCUT2D eigenvalue weighted by molar-refractivity contribution is 0.478. The van der Waals surface area contributed by atoms with Gasteiger partial charge in [0.2, 0.25) is 10.0 Å². The lowest BCUT2D eigenvalue weighted by Gasteiger charge is -2.14. The zero-order chi connectivity index (χ0) is 16.0. The number of hydrogen-bond donors (Lipinski definition) is 2. The molecule has 0 saturated carbocycles. The average molecular weight is 320 g/mol. The summed E-state index contributed by atoms with van der Waals surface area (Å²) in [7, 11) is -4.07. The van der Waals surface area contributed by atoms with Gasteiger partial charge >= 0.3 is 0 Å². The predicted molar refractivity (Wildman–Crippen MR) is 78.4 cm³/mol. The van der Waals surface area contributed by atoms with Gasteiger partial charge in [0, 0.05) is 12.6 Å². The maximum atomic E-state index is 13.8. The molecule has 0 spiro atoms. The molecule has 2 N–H and O–H groups in total. The third kappa shape index (κ3) is 5.01. The average Bonchev–Trinajstić information content (AvgIpc) is 2.42. The van der Waals surface area contributed by atoms with Crippen molar-refractivity contribution in [2.45, 2.75) is 51.1 Å². The van der Waals surface area contributed by atoms with Gasteiger partial charge in [-0.2, -0.15) is 0 Å². The highest BCUT2D eigenvalue weighted by Crippen LogP contribution is 2.20. The molecule has 4 nitrogen and oxygen atoms in total. The molecule has 120 valence electrons. The van der Waals surface area contributed by atoms with E-state index < -0.39 is 26.6 Å². The van der Waals surface area contributed by atoms with Crippen molar-refractivity contribution < 1.29 is 17.2 Å². The van der Waals surface area contributed by atoms with Crippen LogP contribution in [0.2, 0.25) is 0 Å². The number of nitrogens with one attached hydrogen (secondary N) is 2. The molecule has 0 bridgehead atoms. The van der Waals surface area contributed by atoms with E-state index in [-0.39, 0.29) is 12.6 Å². The number of sulfonamides is 1. The Labute approximate surface area is 125 Å². The van der Waals surface area contributed by atoms with E-state index in [1.807, 2.05) is 6.92 Å². The van der Waals surface area contributed by atoms with Gasteiger partial charge < -0.3 is 5.32 Å². The zero-order valence-electron chi connectivity index (χ0n) is 12.5. The Morgan fingerprint density at radius 2 is 1.90 bits per heavy atom. The van der Waals surface area contributed by atoms with E-state index >= 15 is 0 Å². The van der Waals surface area contributed by atoms with E-state index in [1.54, 1.807) is 13.8 Å². The number of hydrogen-bond acceptors (Lipinski definition) is 3. The second-order valence-electron chi connectivity index (χ2n) is 5.00. The van der Waals surface area contributed by atoms with Crippen molar-refractivity contribution in [2.24, 2.45) is 0 Å². The molecule has 0 aliphatic carbocycles. The molecule has 1 unspecified atom stereocenters. The normalized spacial score (nSPS) is 13.4. The molecule has 21 heavy (non-hydrogen) atoms. The summed E-state index contributed by atoms with van der Waals surface area (Å²) < 4.78 is 54.0. The molecule has 0 aliphatic heterocycles. The van der Waals surface area contributed by atoms with Crippen LogP contribution < -0.4 is 10.0 Å². The summed E-state index contributed by atoms with van der Waals surface area (Å²) in [6.07, 6.45) is 1.45. The van der Waals surface area contributed by atoms with Crippen LogP contribution in [0.25, 0.3) is 0 Å². The van der Waals surface area contributed by atoms with Crippen LogP contribution in [0.4, 0.5) is 8.78 Å². The third-order valence-electron chi connectivity index (χ3n) is 3.07. The smallest absolute Gasteiger partial charge is 0.243 e. The summed E-state index contributed by atoms with van der Waals surface area (Å²) in [6.45, 7) is 6.45. The van der Waals surface area contributed by atoms with Gasteiger partial charge in [-0.05, 0) is 44.0 Å². The quantitative estimate of drug-likeness (QED) is 0.724. The minimum Gasteiger partial charge on any atom is -0.313 e. The first-order valence-corrected chi connectivity index (χ1v) is 8.51. The third-order valence-corrected chi connectivity index (χ3v) is 4.66. The highest BCUT2D eigenvalue weighted by atomic mass is 32.2. The van der Waals surface area contributed by atoms with Crippen LogP contribution in [0, 0.1) is 11.6 Å². The first kappa shape index (κ1) is 18.0. The first-order valence-electron chi connectivity index (χ1n) is 7.02. The van der Waals surface area contributed by atoms with Crippen molar-refractivity contribution in [3.63, 3.8) is 0 Å².